The highest BCUT2D eigenvalue weighted by Crippen LogP contribution is 2.25. The molecule has 8 nitrogen and oxygen atoms in total. The molecule has 2 aliphatic heterocycles. The van der Waals surface area contributed by atoms with Gasteiger partial charge in [0.25, 0.3) is 0 Å². The first-order chi connectivity index (χ1) is 12.8. The molecule has 0 radical (unpaired) electrons. The third kappa shape index (κ3) is 4.65. The summed E-state index contributed by atoms with van der Waals surface area (Å²) in [4.78, 5) is 45.3. The van der Waals surface area contributed by atoms with Crippen molar-refractivity contribution in [2.45, 2.75) is 45.6 Å². The summed E-state index contributed by atoms with van der Waals surface area (Å²) in [5.74, 6) is -1.39. The molecule has 2 saturated heterocycles. The van der Waals surface area contributed by atoms with Crippen LogP contribution in [-0.2, 0) is 14.4 Å². The standard InChI is InChI=1S/C18H26N4O4S/c1-11-12(2)27-18(19-11)20-15(23)10-21-7-3-5-13(9-21)16(24)22-8-4-6-14(22)17(25)26/h13-14H,3-10H2,1-2H3,(H,25,26)(H,19,20,23). The molecule has 1 aromatic rings. The maximum atomic E-state index is 12.8. The zero-order chi connectivity index (χ0) is 19.6. The van der Waals surface area contributed by atoms with Crippen molar-refractivity contribution in [3.8, 4) is 0 Å². The normalized spacial score (nSPS) is 23.4. The van der Waals surface area contributed by atoms with Gasteiger partial charge in [-0.1, -0.05) is 0 Å². The second-order valence-electron chi connectivity index (χ2n) is 7.31. The van der Waals surface area contributed by atoms with Gasteiger partial charge < -0.3 is 15.3 Å². The number of thiazole rings is 1. The lowest BCUT2D eigenvalue weighted by Gasteiger charge is -2.34. The van der Waals surface area contributed by atoms with Crippen LogP contribution in [0.2, 0.25) is 0 Å². The first-order valence-corrected chi connectivity index (χ1v) is 10.2. The fraction of sp³-hybridized carbons (Fsp3) is 0.667. The summed E-state index contributed by atoms with van der Waals surface area (Å²) in [7, 11) is 0. The molecule has 1 aromatic heterocycles. The van der Waals surface area contributed by atoms with Crippen LogP contribution in [0.3, 0.4) is 0 Å². The van der Waals surface area contributed by atoms with Crippen LogP contribution in [0.4, 0.5) is 5.13 Å². The van der Waals surface area contributed by atoms with E-state index in [9.17, 15) is 19.5 Å². The number of aliphatic carboxylic acids is 1. The molecule has 0 aromatic carbocycles. The maximum absolute atomic E-state index is 12.8. The Labute approximate surface area is 162 Å². The third-order valence-electron chi connectivity index (χ3n) is 5.32. The van der Waals surface area contributed by atoms with Gasteiger partial charge in [-0.25, -0.2) is 9.78 Å². The van der Waals surface area contributed by atoms with Crippen molar-refractivity contribution in [3.63, 3.8) is 0 Å². The van der Waals surface area contributed by atoms with E-state index >= 15 is 0 Å². The van der Waals surface area contributed by atoms with Crippen LogP contribution < -0.4 is 5.32 Å². The van der Waals surface area contributed by atoms with Gasteiger partial charge in [-0.05, 0) is 46.1 Å². The Morgan fingerprint density at radius 2 is 1.96 bits per heavy atom. The number of carbonyl (C=O) groups excluding carboxylic acids is 2. The number of carboxylic acids is 1. The number of rotatable bonds is 5. The number of aromatic nitrogens is 1. The molecule has 2 unspecified atom stereocenters. The summed E-state index contributed by atoms with van der Waals surface area (Å²) in [5.41, 5.74) is 0.914. The number of likely N-dealkylation sites (tertiary alicyclic amines) is 2. The zero-order valence-corrected chi connectivity index (χ0v) is 16.5. The van der Waals surface area contributed by atoms with Crippen molar-refractivity contribution in [2.24, 2.45) is 5.92 Å². The molecule has 0 spiro atoms. The molecule has 0 bridgehead atoms. The van der Waals surface area contributed by atoms with Gasteiger partial charge in [0.2, 0.25) is 11.8 Å². The highest BCUT2D eigenvalue weighted by atomic mass is 32.1. The molecule has 2 aliphatic rings. The van der Waals surface area contributed by atoms with E-state index in [0.717, 1.165) is 36.4 Å². The zero-order valence-electron chi connectivity index (χ0n) is 15.7. The van der Waals surface area contributed by atoms with Gasteiger partial charge in [-0.2, -0.15) is 0 Å². The fourth-order valence-corrected chi connectivity index (χ4v) is 4.64. The van der Waals surface area contributed by atoms with Crippen molar-refractivity contribution in [3.05, 3.63) is 10.6 Å². The Morgan fingerprint density at radius 1 is 1.22 bits per heavy atom. The van der Waals surface area contributed by atoms with Gasteiger partial charge in [0.05, 0.1) is 18.2 Å². The Balaban J connectivity index is 1.55. The lowest BCUT2D eigenvalue weighted by Crippen LogP contribution is -2.49. The van der Waals surface area contributed by atoms with Crippen LogP contribution in [0.1, 0.15) is 36.3 Å². The molecule has 2 fully saturated rings. The van der Waals surface area contributed by atoms with Crippen molar-refractivity contribution >= 4 is 34.3 Å². The number of hydrogen-bond acceptors (Lipinski definition) is 6. The summed E-state index contributed by atoms with van der Waals surface area (Å²) in [6, 6.07) is -0.701. The SMILES string of the molecule is Cc1nc(NC(=O)CN2CCCC(C(=O)N3CCCC3C(=O)O)C2)sc1C. The topological polar surface area (TPSA) is 103 Å². The van der Waals surface area contributed by atoms with E-state index in [-0.39, 0.29) is 24.3 Å². The Kier molecular flexibility index (Phi) is 6.11. The minimum atomic E-state index is -0.929. The van der Waals surface area contributed by atoms with E-state index in [0.29, 0.717) is 24.6 Å². The lowest BCUT2D eigenvalue weighted by atomic mass is 9.96. The summed E-state index contributed by atoms with van der Waals surface area (Å²) in [5, 5.41) is 12.7. The van der Waals surface area contributed by atoms with Crippen LogP contribution in [-0.4, -0.2) is 69.9 Å². The highest BCUT2D eigenvalue weighted by Gasteiger charge is 2.38. The van der Waals surface area contributed by atoms with Gasteiger partial charge in [0.15, 0.2) is 5.13 Å². The Bertz CT molecular complexity index is 715. The van der Waals surface area contributed by atoms with E-state index in [1.54, 1.807) is 0 Å². The van der Waals surface area contributed by atoms with Gasteiger partial charge in [-0.15, -0.1) is 11.3 Å². The molecule has 2 amide bonds. The number of aryl methyl sites for hydroxylation is 2. The molecule has 9 heteroatoms. The minimum absolute atomic E-state index is 0.0869. The largest absolute Gasteiger partial charge is 0.480 e. The first kappa shape index (κ1) is 19.8. The fourth-order valence-electron chi connectivity index (χ4n) is 3.81. The molecule has 0 saturated carbocycles. The Hall–Kier alpha value is -2.00. The molecule has 148 valence electrons. The molecule has 0 aliphatic carbocycles. The summed E-state index contributed by atoms with van der Waals surface area (Å²) in [6.45, 7) is 5.84. The van der Waals surface area contributed by atoms with Crippen LogP contribution in [0.5, 0.6) is 0 Å². The van der Waals surface area contributed by atoms with Gasteiger partial charge >= 0.3 is 5.97 Å². The number of carbonyl (C=O) groups is 3. The molecule has 2 N–H and O–H groups in total. The summed E-state index contributed by atoms with van der Waals surface area (Å²) >= 11 is 1.45. The van der Waals surface area contributed by atoms with Crippen molar-refractivity contribution in [2.75, 3.05) is 31.5 Å². The van der Waals surface area contributed by atoms with E-state index < -0.39 is 12.0 Å². The van der Waals surface area contributed by atoms with E-state index in [2.05, 4.69) is 10.3 Å². The number of carboxylic acid groups (broad SMARTS) is 1. The monoisotopic (exact) mass is 394 g/mol. The number of hydrogen-bond donors (Lipinski definition) is 2. The van der Waals surface area contributed by atoms with Crippen molar-refractivity contribution < 1.29 is 19.5 Å². The number of piperidine rings is 1. The number of anilines is 1. The lowest BCUT2D eigenvalue weighted by molar-refractivity contribution is -0.150. The van der Waals surface area contributed by atoms with E-state index in [1.165, 1.54) is 16.2 Å². The number of nitrogens with one attached hydrogen (secondary N) is 1. The second-order valence-corrected chi connectivity index (χ2v) is 8.51. The average Bonchev–Trinajstić information content (AvgIpc) is 3.21. The first-order valence-electron chi connectivity index (χ1n) is 9.34. The van der Waals surface area contributed by atoms with Crippen LogP contribution in [0.15, 0.2) is 0 Å². The molecule has 27 heavy (non-hydrogen) atoms. The van der Waals surface area contributed by atoms with Gasteiger partial charge in [-0.3, -0.25) is 14.5 Å². The highest BCUT2D eigenvalue weighted by molar-refractivity contribution is 7.15. The van der Waals surface area contributed by atoms with Crippen LogP contribution in [0, 0.1) is 19.8 Å². The molecule has 3 rings (SSSR count). The Morgan fingerprint density at radius 3 is 2.63 bits per heavy atom. The van der Waals surface area contributed by atoms with Crippen molar-refractivity contribution in [1.29, 1.82) is 0 Å². The van der Waals surface area contributed by atoms with E-state index in [4.69, 9.17) is 0 Å². The van der Waals surface area contributed by atoms with Gasteiger partial charge in [0, 0.05) is 18.0 Å². The molecule has 3 heterocycles. The third-order valence-corrected chi connectivity index (χ3v) is 6.31. The predicted molar refractivity (Wildman–Crippen MR) is 102 cm³/mol. The van der Waals surface area contributed by atoms with Crippen molar-refractivity contribution in [1.82, 2.24) is 14.8 Å². The van der Waals surface area contributed by atoms with Crippen LogP contribution in [0.25, 0.3) is 0 Å². The molecular weight excluding hydrogens is 368 g/mol. The summed E-state index contributed by atoms with van der Waals surface area (Å²) < 4.78 is 0. The second kappa shape index (κ2) is 8.35. The molecular formula is C18H26N4O4S. The minimum Gasteiger partial charge on any atom is -0.480 e. The summed E-state index contributed by atoms with van der Waals surface area (Å²) in [6.07, 6.45) is 2.82. The quantitative estimate of drug-likeness (QED) is 0.784. The number of amides is 2. The smallest absolute Gasteiger partial charge is 0.326 e. The van der Waals surface area contributed by atoms with E-state index in [1.807, 2.05) is 18.7 Å². The maximum Gasteiger partial charge on any atom is 0.326 e. The predicted octanol–water partition coefficient (Wildman–Crippen LogP) is 1.49. The molecule has 2 atom stereocenters. The van der Waals surface area contributed by atoms with Crippen LogP contribution >= 0.6 is 11.3 Å². The van der Waals surface area contributed by atoms with Gasteiger partial charge in [0.1, 0.15) is 6.04 Å². The number of nitrogens with zero attached hydrogens (tertiary/aromatic N) is 3. The average molecular weight is 394 g/mol.